The molecule has 1 aromatic carbocycles. The zero-order valence-electron chi connectivity index (χ0n) is 15.1. The molecule has 0 unspecified atom stereocenters. The fraction of sp³-hybridized carbons (Fsp3) is 0.579. The van der Waals surface area contributed by atoms with Crippen molar-refractivity contribution >= 4 is 11.9 Å². The monoisotopic (exact) mass is 331 g/mol. The number of urea groups is 1. The molecule has 0 aromatic heterocycles. The molecule has 5 nitrogen and oxygen atoms in total. The number of piperidine rings is 1. The first-order valence-corrected chi connectivity index (χ1v) is 8.77. The molecule has 0 bridgehead atoms. The third-order valence-corrected chi connectivity index (χ3v) is 4.23. The van der Waals surface area contributed by atoms with Gasteiger partial charge < -0.3 is 15.5 Å². The van der Waals surface area contributed by atoms with Crippen molar-refractivity contribution in [1.29, 1.82) is 0 Å². The second-order valence-electron chi connectivity index (χ2n) is 7.33. The molecule has 0 radical (unpaired) electrons. The van der Waals surface area contributed by atoms with Crippen LogP contribution in [0.1, 0.15) is 50.0 Å². The average Bonchev–Trinajstić information content (AvgIpc) is 2.51. The number of carbonyl (C=O) groups excluding carboxylic acids is 2. The van der Waals surface area contributed by atoms with Crippen LogP contribution in [0.15, 0.2) is 24.3 Å². The summed E-state index contributed by atoms with van der Waals surface area (Å²) in [6.45, 7) is 10.4. The topological polar surface area (TPSA) is 61.4 Å². The summed E-state index contributed by atoms with van der Waals surface area (Å²) in [5, 5.41) is 5.59. The minimum Gasteiger partial charge on any atom is -0.338 e. The molecule has 1 aromatic rings. The van der Waals surface area contributed by atoms with Gasteiger partial charge in [0.15, 0.2) is 0 Å². The molecule has 1 fully saturated rings. The molecule has 0 aliphatic carbocycles. The SMILES string of the molecule is CC(C)NC(=O)NCc1ccc(C(=O)N2C[C@H](C)C[C@@H](C)C2)cc1. The Morgan fingerprint density at radius 1 is 1.12 bits per heavy atom. The van der Waals surface area contributed by atoms with Crippen LogP contribution in [0.4, 0.5) is 4.79 Å². The van der Waals surface area contributed by atoms with Crippen molar-refractivity contribution in [3.8, 4) is 0 Å². The van der Waals surface area contributed by atoms with Gasteiger partial charge >= 0.3 is 6.03 Å². The number of hydrogen-bond acceptors (Lipinski definition) is 2. The molecule has 5 heteroatoms. The van der Waals surface area contributed by atoms with E-state index < -0.39 is 0 Å². The maximum atomic E-state index is 12.6. The van der Waals surface area contributed by atoms with Crippen LogP contribution in [0.2, 0.25) is 0 Å². The molecule has 1 aliphatic rings. The second-order valence-corrected chi connectivity index (χ2v) is 7.33. The van der Waals surface area contributed by atoms with Crippen molar-refractivity contribution in [2.24, 2.45) is 11.8 Å². The first kappa shape index (κ1) is 18.3. The molecule has 0 saturated carbocycles. The Kier molecular flexibility index (Phi) is 6.23. The highest BCUT2D eigenvalue weighted by Gasteiger charge is 2.25. The predicted molar refractivity (Wildman–Crippen MR) is 95.8 cm³/mol. The Labute approximate surface area is 144 Å². The summed E-state index contributed by atoms with van der Waals surface area (Å²) >= 11 is 0. The van der Waals surface area contributed by atoms with Crippen LogP contribution >= 0.6 is 0 Å². The molecule has 2 N–H and O–H groups in total. The maximum absolute atomic E-state index is 12.6. The highest BCUT2D eigenvalue weighted by atomic mass is 16.2. The Morgan fingerprint density at radius 3 is 2.25 bits per heavy atom. The van der Waals surface area contributed by atoms with Crippen molar-refractivity contribution in [3.05, 3.63) is 35.4 Å². The zero-order chi connectivity index (χ0) is 17.7. The molecule has 1 heterocycles. The van der Waals surface area contributed by atoms with E-state index >= 15 is 0 Å². The Balaban J connectivity index is 1.91. The van der Waals surface area contributed by atoms with Crippen molar-refractivity contribution in [3.63, 3.8) is 0 Å². The molecule has 2 rings (SSSR count). The van der Waals surface area contributed by atoms with E-state index in [2.05, 4.69) is 24.5 Å². The number of benzene rings is 1. The lowest BCUT2D eigenvalue weighted by molar-refractivity contribution is 0.0623. The van der Waals surface area contributed by atoms with Crippen molar-refractivity contribution in [1.82, 2.24) is 15.5 Å². The van der Waals surface area contributed by atoms with Crippen LogP contribution in [-0.4, -0.2) is 36.0 Å². The normalized spacial score (nSPS) is 20.8. The number of nitrogens with one attached hydrogen (secondary N) is 2. The third kappa shape index (κ3) is 5.25. The Bertz CT molecular complexity index is 558. The smallest absolute Gasteiger partial charge is 0.315 e. The number of amides is 3. The Hall–Kier alpha value is -2.04. The van der Waals surface area contributed by atoms with E-state index in [4.69, 9.17) is 0 Å². The second kappa shape index (κ2) is 8.18. The van der Waals surface area contributed by atoms with Crippen molar-refractivity contribution in [2.45, 2.75) is 46.7 Å². The molecule has 2 atom stereocenters. The summed E-state index contributed by atoms with van der Waals surface area (Å²) in [4.78, 5) is 26.2. The van der Waals surface area contributed by atoms with Crippen LogP contribution in [0, 0.1) is 11.8 Å². The first-order chi connectivity index (χ1) is 11.3. The van der Waals surface area contributed by atoms with E-state index in [9.17, 15) is 9.59 Å². The van der Waals surface area contributed by atoms with Crippen LogP contribution in [0.3, 0.4) is 0 Å². The fourth-order valence-electron chi connectivity index (χ4n) is 3.27. The minimum absolute atomic E-state index is 0.102. The van der Waals surface area contributed by atoms with Gasteiger partial charge in [0.2, 0.25) is 0 Å². The van der Waals surface area contributed by atoms with Gasteiger partial charge in [-0.25, -0.2) is 4.79 Å². The van der Waals surface area contributed by atoms with Crippen LogP contribution < -0.4 is 10.6 Å². The molecule has 1 aliphatic heterocycles. The molecular weight excluding hydrogens is 302 g/mol. The summed E-state index contributed by atoms with van der Waals surface area (Å²) in [6, 6.07) is 7.44. The Morgan fingerprint density at radius 2 is 1.71 bits per heavy atom. The van der Waals surface area contributed by atoms with Crippen molar-refractivity contribution < 1.29 is 9.59 Å². The summed E-state index contributed by atoms with van der Waals surface area (Å²) in [5.41, 5.74) is 1.69. The van der Waals surface area contributed by atoms with Crippen molar-refractivity contribution in [2.75, 3.05) is 13.1 Å². The summed E-state index contributed by atoms with van der Waals surface area (Å²) < 4.78 is 0. The largest absolute Gasteiger partial charge is 0.338 e. The van der Waals surface area contributed by atoms with Gasteiger partial charge in [-0.15, -0.1) is 0 Å². The molecule has 0 spiro atoms. The van der Waals surface area contributed by atoms with E-state index in [-0.39, 0.29) is 18.0 Å². The van der Waals surface area contributed by atoms with E-state index in [0.29, 0.717) is 23.9 Å². The van der Waals surface area contributed by atoms with Gasteiger partial charge in [0.25, 0.3) is 5.91 Å². The number of likely N-dealkylation sites (tertiary alicyclic amines) is 1. The molecule has 3 amide bonds. The number of nitrogens with zero attached hydrogens (tertiary/aromatic N) is 1. The number of rotatable bonds is 4. The van der Waals surface area contributed by atoms with Gasteiger partial charge in [0, 0.05) is 31.2 Å². The number of carbonyl (C=O) groups is 2. The average molecular weight is 331 g/mol. The van der Waals surface area contributed by atoms with Gasteiger partial charge in [-0.05, 0) is 49.8 Å². The fourth-order valence-corrected chi connectivity index (χ4v) is 3.27. The highest BCUT2D eigenvalue weighted by Crippen LogP contribution is 2.22. The van der Waals surface area contributed by atoms with Gasteiger partial charge in [0.1, 0.15) is 0 Å². The summed E-state index contributed by atoms with van der Waals surface area (Å²) in [5.74, 6) is 1.21. The van der Waals surface area contributed by atoms with Gasteiger partial charge in [0.05, 0.1) is 0 Å². The summed E-state index contributed by atoms with van der Waals surface area (Å²) in [7, 11) is 0. The van der Waals surface area contributed by atoms with Gasteiger partial charge in [-0.1, -0.05) is 26.0 Å². The lowest BCUT2D eigenvalue weighted by atomic mass is 9.91. The first-order valence-electron chi connectivity index (χ1n) is 8.77. The van der Waals surface area contributed by atoms with Gasteiger partial charge in [-0.3, -0.25) is 4.79 Å². The quantitative estimate of drug-likeness (QED) is 0.891. The molecule has 132 valence electrons. The van der Waals surface area contributed by atoms with Gasteiger partial charge in [-0.2, -0.15) is 0 Å². The molecular formula is C19H29N3O2. The lowest BCUT2D eigenvalue weighted by Gasteiger charge is -2.35. The molecule has 24 heavy (non-hydrogen) atoms. The summed E-state index contributed by atoms with van der Waals surface area (Å²) in [6.07, 6.45) is 1.19. The van der Waals surface area contributed by atoms with E-state index in [1.54, 1.807) is 0 Å². The maximum Gasteiger partial charge on any atom is 0.315 e. The lowest BCUT2D eigenvalue weighted by Crippen LogP contribution is -2.42. The van der Waals surface area contributed by atoms with E-state index in [1.165, 1.54) is 6.42 Å². The zero-order valence-corrected chi connectivity index (χ0v) is 15.1. The predicted octanol–water partition coefficient (Wildman–Crippen LogP) is 3.01. The highest BCUT2D eigenvalue weighted by molar-refractivity contribution is 5.94. The van der Waals surface area contributed by atoms with Crippen LogP contribution in [-0.2, 0) is 6.54 Å². The molecule has 1 saturated heterocycles. The minimum atomic E-state index is -0.179. The van der Waals surface area contributed by atoms with E-state index in [1.807, 2.05) is 43.0 Å². The standard InChI is InChI=1S/C19H29N3O2/c1-13(2)21-19(24)20-10-16-5-7-17(8-6-16)18(23)22-11-14(3)9-15(4)12-22/h5-8,13-15H,9-12H2,1-4H3,(H2,20,21,24)/t14-,15-/m1/s1. The van der Waals surface area contributed by atoms with Crippen LogP contribution in [0.5, 0.6) is 0 Å². The van der Waals surface area contributed by atoms with E-state index in [0.717, 1.165) is 18.7 Å². The third-order valence-electron chi connectivity index (χ3n) is 4.23. The van der Waals surface area contributed by atoms with Crippen LogP contribution in [0.25, 0.3) is 0 Å². The number of hydrogen-bond donors (Lipinski definition) is 2.